The summed E-state index contributed by atoms with van der Waals surface area (Å²) in [5, 5.41) is 4.54. The number of benzene rings is 1. The molecule has 0 spiro atoms. The fraction of sp³-hybridized carbons (Fsp3) is 0.455. The number of hydrogen-bond acceptors (Lipinski definition) is 2. The second-order valence-electron chi connectivity index (χ2n) is 3.83. The Kier molecular flexibility index (Phi) is 5.90. The predicted octanol–water partition coefficient (Wildman–Crippen LogP) is 4.12. The lowest BCUT2D eigenvalue weighted by Gasteiger charge is -2.13. The molecule has 1 aromatic carbocycles. The maximum atomic E-state index is 6.09. The van der Waals surface area contributed by atoms with Crippen molar-refractivity contribution in [2.75, 3.05) is 32.5 Å². The van der Waals surface area contributed by atoms with E-state index in [1.807, 2.05) is 12.1 Å². The highest BCUT2D eigenvalue weighted by Gasteiger charge is 2.06. The minimum atomic E-state index is 0.643. The number of nitrogens with one attached hydrogen (secondary N) is 1. The second kappa shape index (κ2) is 6.70. The van der Waals surface area contributed by atoms with Crippen molar-refractivity contribution in [3.05, 3.63) is 26.7 Å². The summed E-state index contributed by atoms with van der Waals surface area (Å²) in [6, 6.07) is 3.67. The summed E-state index contributed by atoms with van der Waals surface area (Å²) in [7, 11) is 4.11. The van der Waals surface area contributed by atoms with Crippen molar-refractivity contribution in [1.29, 1.82) is 0 Å². The van der Waals surface area contributed by atoms with Crippen LogP contribution in [-0.4, -0.2) is 32.1 Å². The number of rotatable bonds is 5. The number of anilines is 1. The minimum Gasteiger partial charge on any atom is -0.383 e. The van der Waals surface area contributed by atoms with E-state index >= 15 is 0 Å². The quantitative estimate of drug-likeness (QED) is 0.819. The van der Waals surface area contributed by atoms with E-state index in [1.54, 1.807) is 0 Å². The predicted molar refractivity (Wildman–Crippen MR) is 75.8 cm³/mol. The van der Waals surface area contributed by atoms with Gasteiger partial charge in [-0.15, -0.1) is 0 Å². The Bertz CT molecular complexity index is 333. The van der Waals surface area contributed by atoms with Crippen LogP contribution in [0.3, 0.4) is 0 Å². The van der Waals surface area contributed by atoms with E-state index in [1.165, 1.54) is 0 Å². The van der Waals surface area contributed by atoms with Gasteiger partial charge >= 0.3 is 0 Å². The van der Waals surface area contributed by atoms with Gasteiger partial charge in [-0.2, -0.15) is 0 Å². The summed E-state index contributed by atoms with van der Waals surface area (Å²) in [5.41, 5.74) is 0.810. The third-order valence-corrected chi connectivity index (χ3v) is 3.14. The van der Waals surface area contributed by atoms with Crippen molar-refractivity contribution in [3.8, 4) is 0 Å². The first-order chi connectivity index (χ1) is 7.50. The van der Waals surface area contributed by atoms with Crippen LogP contribution >= 0.6 is 39.1 Å². The summed E-state index contributed by atoms with van der Waals surface area (Å²) in [6.45, 7) is 1.90. The molecule has 0 aliphatic rings. The Morgan fingerprint density at radius 3 is 2.31 bits per heavy atom. The molecule has 16 heavy (non-hydrogen) atoms. The van der Waals surface area contributed by atoms with Gasteiger partial charge in [-0.25, -0.2) is 0 Å². The van der Waals surface area contributed by atoms with Gasteiger partial charge in [0.2, 0.25) is 0 Å². The standard InChI is InChI=1S/C11H15BrCl2N2/c1-16(2)5-3-4-15-11-9(13)6-8(12)7-10(11)14/h6-7,15H,3-5H2,1-2H3. The molecule has 0 saturated carbocycles. The van der Waals surface area contributed by atoms with Crippen LogP contribution in [0.25, 0.3) is 0 Å². The fourth-order valence-electron chi connectivity index (χ4n) is 1.32. The molecule has 0 unspecified atom stereocenters. The van der Waals surface area contributed by atoms with E-state index in [0.717, 1.165) is 29.7 Å². The lowest BCUT2D eigenvalue weighted by Crippen LogP contribution is -2.16. The summed E-state index contributed by atoms with van der Waals surface area (Å²) in [6.07, 6.45) is 1.05. The Morgan fingerprint density at radius 1 is 1.25 bits per heavy atom. The van der Waals surface area contributed by atoms with Crippen LogP contribution in [0.1, 0.15) is 6.42 Å². The van der Waals surface area contributed by atoms with Crippen LogP contribution in [0.4, 0.5) is 5.69 Å². The average Bonchev–Trinajstić information content (AvgIpc) is 2.14. The molecule has 0 fully saturated rings. The van der Waals surface area contributed by atoms with Gasteiger partial charge in [0.25, 0.3) is 0 Å². The zero-order valence-electron chi connectivity index (χ0n) is 9.36. The van der Waals surface area contributed by atoms with E-state index in [4.69, 9.17) is 23.2 Å². The Balaban J connectivity index is 2.54. The van der Waals surface area contributed by atoms with Crippen molar-refractivity contribution in [2.45, 2.75) is 6.42 Å². The topological polar surface area (TPSA) is 15.3 Å². The molecule has 0 bridgehead atoms. The molecule has 0 saturated heterocycles. The van der Waals surface area contributed by atoms with Gasteiger partial charge in [-0.1, -0.05) is 39.1 Å². The molecule has 1 N–H and O–H groups in total. The van der Waals surface area contributed by atoms with Crippen molar-refractivity contribution in [3.63, 3.8) is 0 Å². The molecule has 0 atom stereocenters. The molecule has 0 radical (unpaired) electrons. The van der Waals surface area contributed by atoms with Crippen molar-refractivity contribution in [1.82, 2.24) is 4.90 Å². The Labute approximate surface area is 115 Å². The van der Waals surface area contributed by atoms with Crippen molar-refractivity contribution in [2.24, 2.45) is 0 Å². The summed E-state index contributed by atoms with van der Waals surface area (Å²) < 4.78 is 0.890. The number of halogens is 3. The van der Waals surface area contributed by atoms with E-state index < -0.39 is 0 Å². The van der Waals surface area contributed by atoms with E-state index in [2.05, 4.69) is 40.2 Å². The molecule has 2 nitrogen and oxygen atoms in total. The van der Waals surface area contributed by atoms with Gasteiger partial charge < -0.3 is 10.2 Å². The molecule has 90 valence electrons. The van der Waals surface area contributed by atoms with Crippen LogP contribution in [0.15, 0.2) is 16.6 Å². The molecule has 0 amide bonds. The van der Waals surface area contributed by atoms with Gasteiger partial charge in [0.15, 0.2) is 0 Å². The van der Waals surface area contributed by atoms with Gasteiger partial charge in [-0.05, 0) is 39.2 Å². The van der Waals surface area contributed by atoms with Gasteiger partial charge in [0.1, 0.15) is 0 Å². The van der Waals surface area contributed by atoms with Crippen LogP contribution in [0.5, 0.6) is 0 Å². The fourth-order valence-corrected chi connectivity index (χ4v) is 2.66. The van der Waals surface area contributed by atoms with E-state index in [-0.39, 0.29) is 0 Å². The lowest BCUT2D eigenvalue weighted by atomic mass is 10.3. The Hall–Kier alpha value is 0.0400. The second-order valence-corrected chi connectivity index (χ2v) is 5.56. The Morgan fingerprint density at radius 2 is 1.81 bits per heavy atom. The summed E-state index contributed by atoms with van der Waals surface area (Å²) >= 11 is 15.5. The third kappa shape index (κ3) is 4.50. The highest BCUT2D eigenvalue weighted by molar-refractivity contribution is 9.10. The third-order valence-electron chi connectivity index (χ3n) is 2.09. The SMILES string of the molecule is CN(C)CCCNc1c(Cl)cc(Br)cc1Cl. The highest BCUT2D eigenvalue weighted by atomic mass is 79.9. The molecule has 0 aliphatic heterocycles. The molecule has 1 rings (SSSR count). The van der Waals surface area contributed by atoms with Crippen molar-refractivity contribution >= 4 is 44.8 Å². The monoisotopic (exact) mass is 324 g/mol. The highest BCUT2D eigenvalue weighted by Crippen LogP contribution is 2.33. The summed E-state index contributed by atoms with van der Waals surface area (Å²) in [4.78, 5) is 2.15. The molecule has 0 aromatic heterocycles. The molecule has 1 aromatic rings. The molecule has 5 heteroatoms. The van der Waals surface area contributed by atoms with Crippen LogP contribution < -0.4 is 5.32 Å². The lowest BCUT2D eigenvalue weighted by molar-refractivity contribution is 0.405. The van der Waals surface area contributed by atoms with Crippen LogP contribution in [0, 0.1) is 0 Å². The number of hydrogen-bond donors (Lipinski definition) is 1. The van der Waals surface area contributed by atoms with Gasteiger partial charge in [0, 0.05) is 11.0 Å². The largest absolute Gasteiger partial charge is 0.383 e. The van der Waals surface area contributed by atoms with Crippen LogP contribution in [-0.2, 0) is 0 Å². The smallest absolute Gasteiger partial charge is 0.0719 e. The van der Waals surface area contributed by atoms with E-state index in [9.17, 15) is 0 Å². The van der Waals surface area contributed by atoms with Gasteiger partial charge in [-0.3, -0.25) is 0 Å². The minimum absolute atomic E-state index is 0.643. The van der Waals surface area contributed by atoms with Crippen LogP contribution in [0.2, 0.25) is 10.0 Å². The first kappa shape index (κ1) is 14.1. The maximum absolute atomic E-state index is 6.09. The molecule has 0 heterocycles. The van der Waals surface area contributed by atoms with E-state index in [0.29, 0.717) is 10.0 Å². The first-order valence-electron chi connectivity index (χ1n) is 5.04. The summed E-state index contributed by atoms with van der Waals surface area (Å²) in [5.74, 6) is 0. The zero-order chi connectivity index (χ0) is 12.1. The molecule has 0 aliphatic carbocycles. The maximum Gasteiger partial charge on any atom is 0.0719 e. The van der Waals surface area contributed by atoms with Gasteiger partial charge in [0.05, 0.1) is 15.7 Å². The number of nitrogens with zero attached hydrogens (tertiary/aromatic N) is 1. The zero-order valence-corrected chi connectivity index (χ0v) is 12.5. The average molecular weight is 326 g/mol. The van der Waals surface area contributed by atoms with Crippen molar-refractivity contribution < 1.29 is 0 Å². The molecular weight excluding hydrogens is 311 g/mol. The normalized spacial score (nSPS) is 10.9. The molecular formula is C11H15BrCl2N2. The first-order valence-corrected chi connectivity index (χ1v) is 6.58.